The van der Waals surface area contributed by atoms with Gasteiger partial charge in [-0.1, -0.05) is 0 Å². The third-order valence-electron chi connectivity index (χ3n) is 4.69. The van der Waals surface area contributed by atoms with Crippen molar-refractivity contribution in [1.29, 1.82) is 0 Å². The normalized spacial score (nSPS) is 24.2. The fourth-order valence-electron chi connectivity index (χ4n) is 3.66. The molecule has 0 saturated heterocycles. The minimum absolute atomic E-state index is 0.249. The van der Waals surface area contributed by atoms with E-state index in [4.69, 9.17) is 22.6 Å². The molecule has 0 radical (unpaired) electrons. The first-order valence-corrected chi connectivity index (χ1v) is 10.2. The van der Waals surface area contributed by atoms with Crippen molar-refractivity contribution in [2.24, 2.45) is 0 Å². The van der Waals surface area contributed by atoms with Crippen LogP contribution in [-0.2, 0) is 11.1 Å². The number of rotatable bonds is 0. The summed E-state index contributed by atoms with van der Waals surface area (Å²) in [7, 11) is -5.27. The number of fused-ring (bicyclic) bond motifs is 3. The van der Waals surface area contributed by atoms with Gasteiger partial charge in [-0.15, -0.1) is 0 Å². The molecule has 1 aromatic heterocycles. The Hall–Kier alpha value is -2.82. The van der Waals surface area contributed by atoms with Crippen LogP contribution in [0.4, 0.5) is 0 Å². The Bertz CT molecular complexity index is 965. The van der Waals surface area contributed by atoms with Crippen molar-refractivity contribution >= 4 is 7.23 Å². The van der Waals surface area contributed by atoms with Gasteiger partial charge in [-0.05, 0) is 0 Å². The van der Waals surface area contributed by atoms with Crippen LogP contribution in [0.1, 0.15) is 5.69 Å². The summed E-state index contributed by atoms with van der Waals surface area (Å²) >= 11 is 0. The monoisotopic (exact) mass is 355 g/mol. The molecule has 4 heterocycles. The fraction of sp³-hybridized carbons (Fsp3) is 0.0556. The van der Waals surface area contributed by atoms with Crippen LogP contribution in [0.15, 0.2) is 72.9 Å². The summed E-state index contributed by atoms with van der Waals surface area (Å²) in [6, 6.07) is 20.5. The number of pyridine rings is 1. The predicted octanol–water partition coefficient (Wildman–Crippen LogP) is 3.87. The molecule has 2 aromatic carbocycles. The van der Waals surface area contributed by atoms with Gasteiger partial charge in [0.1, 0.15) is 0 Å². The van der Waals surface area contributed by atoms with Crippen LogP contribution in [0.2, 0.25) is 0 Å². The molecule has 126 valence electrons. The topological polar surface area (TPSA) is 50.0 Å². The Morgan fingerprint density at radius 3 is 1.64 bits per heavy atom. The third kappa shape index (κ3) is 1.34. The molecule has 3 aliphatic heterocycles. The Morgan fingerprint density at radius 2 is 1.12 bits per heavy atom. The second kappa shape index (κ2) is 3.72. The summed E-state index contributed by atoms with van der Waals surface area (Å²) in [5.74, 6) is 2.09. The molecule has 0 bridgehead atoms. The molecule has 0 amide bonds. The van der Waals surface area contributed by atoms with Crippen molar-refractivity contribution in [3.05, 3.63) is 78.6 Å². The first-order chi connectivity index (χ1) is 12.2. The van der Waals surface area contributed by atoms with Crippen LogP contribution >= 0.6 is 7.23 Å². The third-order valence-corrected chi connectivity index (χ3v) is 8.94. The molecule has 6 nitrogen and oxygen atoms in total. The van der Waals surface area contributed by atoms with Gasteiger partial charge < -0.3 is 0 Å². The molecule has 25 heavy (non-hydrogen) atoms. The number of para-hydroxylation sites is 4. The van der Waals surface area contributed by atoms with Crippen LogP contribution in [0.3, 0.4) is 0 Å². The van der Waals surface area contributed by atoms with E-state index < -0.39 is 7.23 Å². The Labute approximate surface area is 143 Å². The van der Waals surface area contributed by atoms with E-state index in [0.29, 0.717) is 23.0 Å². The van der Waals surface area contributed by atoms with Gasteiger partial charge >= 0.3 is 142 Å². The molecule has 0 atom stereocenters. The predicted molar refractivity (Wildman–Crippen MR) is 89.1 cm³/mol. The van der Waals surface area contributed by atoms with E-state index in [1.807, 2.05) is 72.9 Å². The zero-order valence-electron chi connectivity index (χ0n) is 13.1. The molecule has 3 aliphatic rings. The number of hydrogen-bond donors (Lipinski definition) is 0. The standard InChI is InChI=1S/C18H14NO5P/c1-2-9-16-15(8-1)21-25(22-16,19-12-6-5-7-14(19)13-20-25)23-17-10-3-4-11-18(17)24-25/h1-12H,13H2. The second-order valence-corrected chi connectivity index (χ2v) is 9.95. The number of hydrogen-bond acceptors (Lipinski definition) is 5. The van der Waals surface area contributed by atoms with Gasteiger partial charge in [-0.3, -0.25) is 0 Å². The van der Waals surface area contributed by atoms with Gasteiger partial charge in [-0.25, -0.2) is 0 Å². The van der Waals surface area contributed by atoms with Crippen LogP contribution in [0, 0.1) is 0 Å². The fourth-order valence-corrected chi connectivity index (χ4v) is 8.21. The average molecular weight is 355 g/mol. The number of aromatic nitrogens is 1. The van der Waals surface area contributed by atoms with Crippen molar-refractivity contribution in [1.82, 2.24) is 0 Å². The molecule has 6 rings (SSSR count). The van der Waals surface area contributed by atoms with Crippen molar-refractivity contribution < 1.29 is 27.0 Å². The van der Waals surface area contributed by atoms with Crippen molar-refractivity contribution in [3.63, 3.8) is 0 Å². The van der Waals surface area contributed by atoms with E-state index in [-0.39, 0.29) is 6.61 Å². The molecular formula is C18H14NO5P. The molecule has 1 spiro atoms. The van der Waals surface area contributed by atoms with Crippen molar-refractivity contribution in [3.8, 4) is 23.0 Å². The van der Waals surface area contributed by atoms with Crippen LogP contribution in [-0.4, -0.2) is 0 Å². The van der Waals surface area contributed by atoms with Crippen molar-refractivity contribution in [2.75, 3.05) is 0 Å². The van der Waals surface area contributed by atoms with Gasteiger partial charge in [0, 0.05) is 0 Å². The zero-order chi connectivity index (χ0) is 16.6. The first-order valence-electron chi connectivity index (χ1n) is 8.00. The van der Waals surface area contributed by atoms with Crippen LogP contribution in [0.25, 0.3) is 0 Å². The summed E-state index contributed by atoms with van der Waals surface area (Å²) in [5, 5.41) is 0. The molecule has 0 saturated carbocycles. The molecule has 0 fully saturated rings. The van der Waals surface area contributed by atoms with E-state index >= 15 is 0 Å². The van der Waals surface area contributed by atoms with Gasteiger partial charge in [0.25, 0.3) is 0 Å². The Kier molecular flexibility index (Phi) is 2.00. The SMILES string of the molecule is c1ccc2c(c1)O[P-]13(OCc4cccc[n+]41)(O2)Oc1ccccc1O3. The van der Waals surface area contributed by atoms with E-state index in [2.05, 4.69) is 0 Å². The van der Waals surface area contributed by atoms with E-state index in [1.165, 1.54) is 0 Å². The van der Waals surface area contributed by atoms with Gasteiger partial charge in [0.05, 0.1) is 0 Å². The van der Waals surface area contributed by atoms with Gasteiger partial charge in [0.15, 0.2) is 0 Å². The maximum absolute atomic E-state index is 6.41. The molecule has 0 N–H and O–H groups in total. The van der Waals surface area contributed by atoms with Crippen LogP contribution < -0.4 is 22.4 Å². The van der Waals surface area contributed by atoms with Gasteiger partial charge in [0.2, 0.25) is 0 Å². The summed E-state index contributed by atoms with van der Waals surface area (Å²) in [6.07, 6.45) is 1.82. The molecule has 7 heteroatoms. The maximum atomic E-state index is 6.41. The molecule has 0 aliphatic carbocycles. The Morgan fingerprint density at radius 1 is 0.640 bits per heavy atom. The Balaban J connectivity index is 1.72. The van der Waals surface area contributed by atoms with E-state index in [1.54, 1.807) is 4.34 Å². The molecule has 0 unspecified atom stereocenters. The molecule has 3 aromatic rings. The summed E-state index contributed by atoms with van der Waals surface area (Å²) < 4.78 is 33.7. The summed E-state index contributed by atoms with van der Waals surface area (Å²) in [6.45, 7) is 0.249. The summed E-state index contributed by atoms with van der Waals surface area (Å²) in [4.78, 5) is 0. The summed E-state index contributed by atoms with van der Waals surface area (Å²) in [5.41, 5.74) is 0.846. The van der Waals surface area contributed by atoms with Crippen LogP contribution in [0.5, 0.6) is 23.0 Å². The average Bonchev–Trinajstić information content (AvgIpc) is 3.22. The number of nitrogens with zero attached hydrogens (tertiary/aromatic N) is 1. The van der Waals surface area contributed by atoms with Gasteiger partial charge in [-0.2, -0.15) is 0 Å². The second-order valence-electron chi connectivity index (χ2n) is 6.22. The van der Waals surface area contributed by atoms with Crippen molar-refractivity contribution in [2.45, 2.75) is 6.61 Å². The van der Waals surface area contributed by atoms with E-state index in [0.717, 1.165) is 5.69 Å². The quantitative estimate of drug-likeness (QED) is 0.573. The first kappa shape index (κ1) is 13.5. The van der Waals surface area contributed by atoms with E-state index in [9.17, 15) is 0 Å². The zero-order valence-corrected chi connectivity index (χ0v) is 14.0. The number of benzene rings is 2. The minimum atomic E-state index is -5.27. The molecular weight excluding hydrogens is 341 g/mol.